The van der Waals surface area contributed by atoms with Gasteiger partial charge in [0.05, 0.1) is 6.04 Å². The van der Waals surface area contributed by atoms with Crippen molar-refractivity contribution < 1.29 is 4.42 Å². The van der Waals surface area contributed by atoms with Crippen LogP contribution in [0.1, 0.15) is 11.8 Å². The van der Waals surface area contributed by atoms with Crippen LogP contribution in [0.25, 0.3) is 0 Å². The van der Waals surface area contributed by atoms with E-state index in [2.05, 4.69) is 22.5 Å². The van der Waals surface area contributed by atoms with Crippen molar-refractivity contribution >= 4 is 28.3 Å². The number of hydrogen-bond donors (Lipinski definition) is 1. The van der Waals surface area contributed by atoms with Gasteiger partial charge < -0.3 is 10.2 Å². The predicted octanol–water partition coefficient (Wildman–Crippen LogP) is 2.65. The average Bonchev–Trinajstić information content (AvgIpc) is 2.34. The van der Waals surface area contributed by atoms with E-state index in [-0.39, 0.29) is 18.4 Å². The minimum atomic E-state index is -0.203. The van der Waals surface area contributed by atoms with Crippen molar-refractivity contribution in [3.05, 3.63) is 35.2 Å². The lowest BCUT2D eigenvalue weighted by Crippen LogP contribution is -2.04. The van der Waals surface area contributed by atoms with Crippen LogP contribution in [0.5, 0.6) is 0 Å². The Hall–Kier alpha value is -0.250. The number of furan rings is 1. The lowest BCUT2D eigenvalue weighted by atomic mass is 10.2. The second-order valence-electron chi connectivity index (χ2n) is 1.90. The Bertz CT molecular complexity index is 236. The summed E-state index contributed by atoms with van der Waals surface area (Å²) >= 11 is 3.17. The summed E-state index contributed by atoms with van der Waals surface area (Å²) < 4.78 is 5.85. The largest absolute Gasteiger partial charge is 0.452 e. The molecule has 0 unspecified atom stereocenters. The van der Waals surface area contributed by atoms with E-state index >= 15 is 0 Å². The molecule has 11 heavy (non-hydrogen) atoms. The second kappa shape index (κ2) is 4.59. The number of nitrogens with two attached hydrogens (primary N) is 1. The first-order valence-corrected chi connectivity index (χ1v) is 3.66. The normalized spacial score (nSPS) is 11.8. The van der Waals surface area contributed by atoms with Crippen LogP contribution < -0.4 is 5.73 Å². The predicted molar refractivity (Wildman–Crippen MR) is 50.8 cm³/mol. The van der Waals surface area contributed by atoms with Crippen LogP contribution in [0.4, 0.5) is 0 Å². The molecule has 0 amide bonds. The van der Waals surface area contributed by atoms with Crippen LogP contribution in [-0.4, -0.2) is 0 Å². The summed E-state index contributed by atoms with van der Waals surface area (Å²) in [6, 6.07) is 3.42. The van der Waals surface area contributed by atoms with Crippen LogP contribution in [0.2, 0.25) is 0 Å². The van der Waals surface area contributed by atoms with Crippen LogP contribution >= 0.6 is 28.3 Å². The lowest BCUT2D eigenvalue weighted by molar-refractivity contribution is 0.474. The van der Waals surface area contributed by atoms with Gasteiger partial charge in [0, 0.05) is 0 Å². The Kier molecular flexibility index (Phi) is 4.49. The third-order valence-corrected chi connectivity index (χ3v) is 1.60. The zero-order valence-electron chi connectivity index (χ0n) is 5.79. The molecule has 1 heterocycles. The number of halogens is 2. The Morgan fingerprint density at radius 2 is 2.27 bits per heavy atom. The van der Waals surface area contributed by atoms with Gasteiger partial charge in [0.15, 0.2) is 4.67 Å². The molecular formula is C7H9BrClNO. The Morgan fingerprint density at radius 1 is 1.64 bits per heavy atom. The fraction of sp³-hybridized carbons (Fsp3) is 0.143. The van der Waals surface area contributed by atoms with Crippen LogP contribution in [0, 0.1) is 0 Å². The molecule has 0 aliphatic carbocycles. The number of hydrogen-bond acceptors (Lipinski definition) is 2. The van der Waals surface area contributed by atoms with E-state index in [9.17, 15) is 0 Å². The molecule has 4 heteroatoms. The molecule has 0 aliphatic heterocycles. The quantitative estimate of drug-likeness (QED) is 0.805. The fourth-order valence-electron chi connectivity index (χ4n) is 0.624. The maximum Gasteiger partial charge on any atom is 0.169 e. The highest BCUT2D eigenvalue weighted by Gasteiger charge is 2.04. The molecule has 62 valence electrons. The fourth-order valence-corrected chi connectivity index (χ4v) is 0.943. The molecule has 0 saturated heterocycles. The molecule has 0 radical (unpaired) electrons. The van der Waals surface area contributed by atoms with E-state index in [0.29, 0.717) is 4.67 Å². The molecule has 2 N–H and O–H groups in total. The van der Waals surface area contributed by atoms with Crippen molar-refractivity contribution in [1.29, 1.82) is 0 Å². The van der Waals surface area contributed by atoms with Gasteiger partial charge in [0.1, 0.15) is 5.76 Å². The van der Waals surface area contributed by atoms with Gasteiger partial charge in [-0.3, -0.25) is 0 Å². The van der Waals surface area contributed by atoms with Crippen molar-refractivity contribution in [3.8, 4) is 0 Å². The first-order valence-electron chi connectivity index (χ1n) is 2.87. The van der Waals surface area contributed by atoms with Gasteiger partial charge in [0.2, 0.25) is 0 Å². The SMILES string of the molecule is C=C[C@@H](N)c1ccc(Br)o1.Cl. The zero-order valence-corrected chi connectivity index (χ0v) is 8.19. The Balaban J connectivity index is 0.000001000. The molecule has 1 rings (SSSR count). The van der Waals surface area contributed by atoms with Crippen molar-refractivity contribution in [2.75, 3.05) is 0 Å². The maximum atomic E-state index is 5.57. The molecule has 2 nitrogen and oxygen atoms in total. The van der Waals surface area contributed by atoms with Crippen molar-refractivity contribution in [3.63, 3.8) is 0 Å². The van der Waals surface area contributed by atoms with Crippen LogP contribution in [0.3, 0.4) is 0 Å². The highest BCUT2D eigenvalue weighted by molar-refractivity contribution is 9.10. The minimum Gasteiger partial charge on any atom is -0.452 e. The minimum absolute atomic E-state index is 0. The summed E-state index contributed by atoms with van der Waals surface area (Å²) in [6.07, 6.45) is 1.63. The monoisotopic (exact) mass is 237 g/mol. The molecule has 0 fully saturated rings. The van der Waals surface area contributed by atoms with Crippen LogP contribution in [-0.2, 0) is 0 Å². The third-order valence-electron chi connectivity index (χ3n) is 1.18. The van der Waals surface area contributed by atoms with Gasteiger partial charge in [-0.1, -0.05) is 6.08 Å². The summed E-state index contributed by atoms with van der Waals surface area (Å²) in [5, 5.41) is 0. The smallest absolute Gasteiger partial charge is 0.169 e. The van der Waals surface area contributed by atoms with Gasteiger partial charge in [-0.25, -0.2) is 0 Å². The Morgan fingerprint density at radius 3 is 2.64 bits per heavy atom. The van der Waals surface area contributed by atoms with E-state index in [1.54, 1.807) is 12.1 Å². The highest BCUT2D eigenvalue weighted by Crippen LogP contribution is 2.18. The van der Waals surface area contributed by atoms with E-state index in [4.69, 9.17) is 10.2 Å². The summed E-state index contributed by atoms with van der Waals surface area (Å²) in [4.78, 5) is 0. The molecule has 0 saturated carbocycles. The van der Waals surface area contributed by atoms with Gasteiger partial charge in [-0.15, -0.1) is 19.0 Å². The van der Waals surface area contributed by atoms with Crippen molar-refractivity contribution in [1.82, 2.24) is 0 Å². The van der Waals surface area contributed by atoms with Gasteiger partial charge >= 0.3 is 0 Å². The molecule has 0 aliphatic rings. The van der Waals surface area contributed by atoms with Crippen molar-refractivity contribution in [2.45, 2.75) is 6.04 Å². The van der Waals surface area contributed by atoms with E-state index in [1.807, 2.05) is 6.07 Å². The summed E-state index contributed by atoms with van der Waals surface area (Å²) in [5.41, 5.74) is 5.57. The molecule has 0 aromatic carbocycles. The van der Waals surface area contributed by atoms with Gasteiger partial charge in [-0.05, 0) is 28.1 Å². The average molecular weight is 239 g/mol. The molecule has 0 spiro atoms. The molecule has 0 bridgehead atoms. The first kappa shape index (κ1) is 10.8. The second-order valence-corrected chi connectivity index (χ2v) is 2.68. The molecule has 1 aromatic heterocycles. The number of rotatable bonds is 2. The van der Waals surface area contributed by atoms with Gasteiger partial charge in [-0.2, -0.15) is 0 Å². The maximum absolute atomic E-state index is 5.57. The molecule has 1 atom stereocenters. The topological polar surface area (TPSA) is 39.2 Å². The first-order chi connectivity index (χ1) is 4.74. The van der Waals surface area contributed by atoms with E-state index in [0.717, 1.165) is 5.76 Å². The summed E-state index contributed by atoms with van der Waals surface area (Å²) in [6.45, 7) is 3.55. The van der Waals surface area contributed by atoms with E-state index in [1.165, 1.54) is 0 Å². The van der Waals surface area contributed by atoms with Crippen molar-refractivity contribution in [2.24, 2.45) is 5.73 Å². The van der Waals surface area contributed by atoms with Gasteiger partial charge in [0.25, 0.3) is 0 Å². The van der Waals surface area contributed by atoms with Crippen LogP contribution in [0.15, 0.2) is 33.9 Å². The highest BCUT2D eigenvalue weighted by atomic mass is 79.9. The zero-order chi connectivity index (χ0) is 7.56. The Labute approximate surface area is 80.0 Å². The summed E-state index contributed by atoms with van der Waals surface area (Å²) in [7, 11) is 0. The molecular weight excluding hydrogens is 229 g/mol. The van der Waals surface area contributed by atoms with E-state index < -0.39 is 0 Å². The molecule has 1 aromatic rings. The third kappa shape index (κ3) is 2.69. The standard InChI is InChI=1S/C7H8BrNO.ClH/c1-2-5(9)6-3-4-7(8)10-6;/h2-5H,1,9H2;1H/t5-;/m1./s1. The summed E-state index contributed by atoms with van der Waals surface area (Å²) in [5.74, 6) is 0.724. The lowest BCUT2D eigenvalue weighted by Gasteiger charge is -1.98.